The Morgan fingerprint density at radius 3 is 2.67 bits per heavy atom. The molecule has 0 aliphatic carbocycles. The maximum Gasteiger partial charge on any atom is 0.246 e. The second-order valence-electron chi connectivity index (χ2n) is 5.79. The van der Waals surface area contributed by atoms with Gasteiger partial charge in [-0.2, -0.15) is 4.98 Å². The van der Waals surface area contributed by atoms with E-state index in [2.05, 4.69) is 10.1 Å². The lowest BCUT2D eigenvalue weighted by molar-refractivity contribution is -0.127. The van der Waals surface area contributed by atoms with Gasteiger partial charge in [0.25, 0.3) is 0 Å². The lowest BCUT2D eigenvalue weighted by atomic mass is 9.96. The summed E-state index contributed by atoms with van der Waals surface area (Å²) < 4.78 is 5.22. The highest BCUT2D eigenvalue weighted by Crippen LogP contribution is 2.27. The van der Waals surface area contributed by atoms with E-state index in [0.717, 1.165) is 18.4 Å². The van der Waals surface area contributed by atoms with Gasteiger partial charge in [0.2, 0.25) is 11.8 Å². The van der Waals surface area contributed by atoms with Crippen molar-refractivity contribution in [2.24, 2.45) is 0 Å². The van der Waals surface area contributed by atoms with Gasteiger partial charge in [0.15, 0.2) is 5.82 Å². The Bertz CT molecular complexity index is 765. The van der Waals surface area contributed by atoms with Crippen molar-refractivity contribution in [3.05, 3.63) is 51.6 Å². The maximum atomic E-state index is 12.3. The number of carbonyl (C=O) groups is 1. The topological polar surface area (TPSA) is 59.2 Å². The number of rotatable bonds is 3. The molecule has 1 saturated heterocycles. The number of carbonyl (C=O) groups excluding carboxylic acids is 1. The highest BCUT2D eigenvalue weighted by molar-refractivity contribution is 6.42. The number of nitrogens with zero attached hydrogens (tertiary/aromatic N) is 3. The molecule has 1 fully saturated rings. The lowest BCUT2D eigenvalue weighted by Gasteiger charge is -2.29. The van der Waals surface area contributed by atoms with Crippen LogP contribution in [0.15, 0.2) is 28.8 Å². The van der Waals surface area contributed by atoms with E-state index in [4.69, 9.17) is 27.7 Å². The molecule has 126 valence electrons. The minimum atomic E-state index is -0.0127. The standard InChI is InChI=1S/C17H17Cl2N3O2/c1-11-20-17(24-21-11)13-6-8-22(9-7-13)16(23)5-3-12-2-4-14(18)15(19)10-12/h2-5,10,13H,6-9H2,1H3/b5-3+. The van der Waals surface area contributed by atoms with Crippen LogP contribution < -0.4 is 0 Å². The zero-order chi connectivity index (χ0) is 17.1. The van der Waals surface area contributed by atoms with Gasteiger partial charge < -0.3 is 9.42 Å². The molecule has 1 aliphatic rings. The third-order valence-electron chi connectivity index (χ3n) is 4.06. The fourth-order valence-corrected chi connectivity index (χ4v) is 3.02. The second-order valence-corrected chi connectivity index (χ2v) is 6.60. The summed E-state index contributed by atoms with van der Waals surface area (Å²) in [6.45, 7) is 3.16. The fraction of sp³-hybridized carbons (Fsp3) is 0.353. The number of hydrogen-bond donors (Lipinski definition) is 0. The van der Waals surface area contributed by atoms with Crippen LogP contribution in [-0.4, -0.2) is 34.0 Å². The lowest BCUT2D eigenvalue weighted by Crippen LogP contribution is -2.36. The van der Waals surface area contributed by atoms with Crippen molar-refractivity contribution in [1.82, 2.24) is 15.0 Å². The number of benzene rings is 1. The average molecular weight is 366 g/mol. The first kappa shape index (κ1) is 17.0. The van der Waals surface area contributed by atoms with E-state index in [9.17, 15) is 4.79 Å². The van der Waals surface area contributed by atoms with Crippen LogP contribution in [0.2, 0.25) is 10.0 Å². The predicted octanol–water partition coefficient (Wildman–Crippen LogP) is 4.10. The molecule has 0 atom stereocenters. The van der Waals surface area contributed by atoms with Gasteiger partial charge in [-0.15, -0.1) is 0 Å². The average Bonchev–Trinajstić information content (AvgIpc) is 3.02. The van der Waals surface area contributed by atoms with Crippen LogP contribution in [0.3, 0.4) is 0 Å². The normalized spacial score (nSPS) is 16.0. The summed E-state index contributed by atoms with van der Waals surface area (Å²) in [7, 11) is 0. The zero-order valence-electron chi connectivity index (χ0n) is 13.2. The molecule has 0 saturated carbocycles. The molecule has 0 N–H and O–H groups in total. The molecule has 1 aromatic carbocycles. The van der Waals surface area contributed by atoms with Gasteiger partial charge in [-0.05, 0) is 43.5 Å². The van der Waals surface area contributed by atoms with E-state index in [1.165, 1.54) is 0 Å². The largest absolute Gasteiger partial charge is 0.339 e. The minimum absolute atomic E-state index is 0.0127. The van der Waals surface area contributed by atoms with Crippen molar-refractivity contribution in [3.8, 4) is 0 Å². The molecule has 0 unspecified atom stereocenters. The summed E-state index contributed by atoms with van der Waals surface area (Å²) in [6.07, 6.45) is 4.97. The first-order valence-electron chi connectivity index (χ1n) is 7.75. The van der Waals surface area contributed by atoms with Crippen LogP contribution in [0, 0.1) is 6.92 Å². The number of aryl methyl sites for hydroxylation is 1. The number of piperidine rings is 1. The summed E-state index contributed by atoms with van der Waals surface area (Å²) in [5.41, 5.74) is 0.842. The Hall–Kier alpha value is -1.85. The van der Waals surface area contributed by atoms with Gasteiger partial charge in [0, 0.05) is 25.1 Å². The Morgan fingerprint density at radius 2 is 2.04 bits per heavy atom. The third-order valence-corrected chi connectivity index (χ3v) is 4.80. The molecular formula is C17H17Cl2N3O2. The van der Waals surface area contributed by atoms with E-state index >= 15 is 0 Å². The van der Waals surface area contributed by atoms with Crippen molar-refractivity contribution in [1.29, 1.82) is 0 Å². The van der Waals surface area contributed by atoms with Gasteiger partial charge in [-0.3, -0.25) is 4.79 Å². The Balaban J connectivity index is 1.56. The first-order chi connectivity index (χ1) is 11.5. The number of halogens is 2. The van der Waals surface area contributed by atoms with Crippen LogP contribution in [0.4, 0.5) is 0 Å². The molecular weight excluding hydrogens is 349 g/mol. The molecule has 5 nitrogen and oxygen atoms in total. The summed E-state index contributed by atoms with van der Waals surface area (Å²) in [5, 5.41) is 4.80. The predicted molar refractivity (Wildman–Crippen MR) is 93.1 cm³/mol. The van der Waals surface area contributed by atoms with Crippen molar-refractivity contribution < 1.29 is 9.32 Å². The quantitative estimate of drug-likeness (QED) is 0.768. The molecule has 24 heavy (non-hydrogen) atoms. The van der Waals surface area contributed by atoms with Crippen LogP contribution >= 0.6 is 23.2 Å². The summed E-state index contributed by atoms with van der Waals surface area (Å²) in [5.74, 6) is 1.54. The van der Waals surface area contributed by atoms with Crippen molar-refractivity contribution in [2.75, 3.05) is 13.1 Å². The Labute approximate surface area is 150 Å². The first-order valence-corrected chi connectivity index (χ1v) is 8.51. The monoisotopic (exact) mass is 365 g/mol. The minimum Gasteiger partial charge on any atom is -0.339 e. The summed E-state index contributed by atoms with van der Waals surface area (Å²) in [4.78, 5) is 18.4. The molecule has 1 aliphatic heterocycles. The van der Waals surface area contributed by atoms with E-state index in [1.807, 2.05) is 11.0 Å². The molecule has 3 rings (SSSR count). The molecule has 1 amide bonds. The van der Waals surface area contributed by atoms with Crippen molar-refractivity contribution in [2.45, 2.75) is 25.7 Å². The number of aromatic nitrogens is 2. The molecule has 1 aromatic heterocycles. The van der Waals surface area contributed by atoms with Gasteiger partial charge in [0.05, 0.1) is 10.0 Å². The van der Waals surface area contributed by atoms with Crippen LogP contribution in [0.5, 0.6) is 0 Å². The second kappa shape index (κ2) is 7.36. The van der Waals surface area contributed by atoms with Gasteiger partial charge >= 0.3 is 0 Å². The van der Waals surface area contributed by atoms with E-state index in [-0.39, 0.29) is 11.8 Å². The molecule has 0 bridgehead atoms. The Kier molecular flexibility index (Phi) is 5.21. The number of amides is 1. The van der Waals surface area contributed by atoms with Crippen molar-refractivity contribution in [3.63, 3.8) is 0 Å². The SMILES string of the molecule is Cc1noc(C2CCN(C(=O)/C=C/c3ccc(Cl)c(Cl)c3)CC2)n1. The third kappa shape index (κ3) is 3.97. The van der Waals surface area contributed by atoms with Gasteiger partial charge in [-0.1, -0.05) is 34.4 Å². The molecule has 0 radical (unpaired) electrons. The van der Waals surface area contributed by atoms with E-state index < -0.39 is 0 Å². The fourth-order valence-electron chi connectivity index (χ4n) is 2.71. The van der Waals surface area contributed by atoms with Crippen LogP contribution in [0.25, 0.3) is 6.08 Å². The molecule has 2 aromatic rings. The molecule has 0 spiro atoms. The molecule has 2 heterocycles. The van der Waals surface area contributed by atoms with Crippen LogP contribution in [0.1, 0.15) is 36.0 Å². The van der Waals surface area contributed by atoms with E-state index in [0.29, 0.717) is 34.8 Å². The van der Waals surface area contributed by atoms with Gasteiger partial charge in [-0.25, -0.2) is 0 Å². The summed E-state index contributed by atoms with van der Waals surface area (Å²) >= 11 is 11.9. The highest BCUT2D eigenvalue weighted by atomic mass is 35.5. The Morgan fingerprint density at radius 1 is 1.29 bits per heavy atom. The van der Waals surface area contributed by atoms with E-state index in [1.54, 1.807) is 31.2 Å². The number of hydrogen-bond acceptors (Lipinski definition) is 4. The number of likely N-dealkylation sites (tertiary alicyclic amines) is 1. The van der Waals surface area contributed by atoms with Crippen molar-refractivity contribution >= 4 is 35.2 Å². The zero-order valence-corrected chi connectivity index (χ0v) is 14.7. The highest BCUT2D eigenvalue weighted by Gasteiger charge is 2.26. The van der Waals surface area contributed by atoms with Crippen LogP contribution in [-0.2, 0) is 4.79 Å². The maximum absolute atomic E-state index is 12.3. The smallest absolute Gasteiger partial charge is 0.246 e. The summed E-state index contributed by atoms with van der Waals surface area (Å²) in [6, 6.07) is 5.27. The van der Waals surface area contributed by atoms with Gasteiger partial charge in [0.1, 0.15) is 0 Å². The molecule has 7 heteroatoms.